The molecule has 1 saturated heterocycles. The number of hydrogen-bond donors (Lipinski definition) is 1. The monoisotopic (exact) mass is 281 g/mol. The third kappa shape index (κ3) is 4.85. The number of nitrogens with zero attached hydrogens (tertiary/aromatic N) is 4. The lowest BCUT2D eigenvalue weighted by Gasteiger charge is -2.22. The second kappa shape index (κ2) is 6.65. The predicted octanol–water partition coefficient (Wildman–Crippen LogP) is 0.887. The number of hydrogen-bond acceptors (Lipinski definition) is 5. The van der Waals surface area contributed by atoms with Crippen LogP contribution >= 0.6 is 0 Å². The van der Waals surface area contributed by atoms with Crippen LogP contribution in [0.15, 0.2) is 6.20 Å². The summed E-state index contributed by atoms with van der Waals surface area (Å²) in [5.41, 5.74) is 1.10. The van der Waals surface area contributed by atoms with Crippen molar-refractivity contribution >= 4 is 0 Å². The van der Waals surface area contributed by atoms with Crippen molar-refractivity contribution in [2.75, 3.05) is 26.8 Å². The van der Waals surface area contributed by atoms with Gasteiger partial charge in [0, 0.05) is 37.5 Å². The van der Waals surface area contributed by atoms with Crippen molar-refractivity contribution in [1.82, 2.24) is 25.2 Å². The fraction of sp³-hybridized carbons (Fsp3) is 0.857. The van der Waals surface area contributed by atoms with E-state index in [2.05, 4.69) is 48.3 Å². The molecule has 1 aliphatic rings. The Balaban J connectivity index is 1.74. The van der Waals surface area contributed by atoms with Crippen LogP contribution in [-0.4, -0.2) is 58.3 Å². The summed E-state index contributed by atoms with van der Waals surface area (Å²) in [4.78, 5) is 2.35. The Hall–Kier alpha value is -0.980. The molecule has 0 amide bonds. The summed E-state index contributed by atoms with van der Waals surface area (Å²) in [5, 5.41) is 11.8. The summed E-state index contributed by atoms with van der Waals surface area (Å²) in [7, 11) is 2.15. The first-order chi connectivity index (χ1) is 9.44. The van der Waals surface area contributed by atoms with E-state index < -0.39 is 0 Å². The van der Waals surface area contributed by atoms with Crippen LogP contribution in [0.2, 0.25) is 0 Å². The molecule has 1 fully saturated rings. The molecular formula is C14H27N5O. The minimum Gasteiger partial charge on any atom is -0.380 e. The molecule has 20 heavy (non-hydrogen) atoms. The molecule has 2 heterocycles. The van der Waals surface area contributed by atoms with Crippen LogP contribution in [0.5, 0.6) is 0 Å². The molecule has 114 valence electrons. The van der Waals surface area contributed by atoms with E-state index in [1.165, 1.54) is 0 Å². The van der Waals surface area contributed by atoms with Crippen LogP contribution < -0.4 is 5.32 Å². The second-order valence-corrected chi connectivity index (χ2v) is 6.57. The molecule has 0 aromatic carbocycles. The first-order valence-electron chi connectivity index (χ1n) is 7.36. The Morgan fingerprint density at radius 1 is 1.50 bits per heavy atom. The van der Waals surface area contributed by atoms with Crippen LogP contribution in [0.25, 0.3) is 0 Å². The Morgan fingerprint density at radius 3 is 2.95 bits per heavy atom. The first-order valence-corrected chi connectivity index (χ1v) is 7.36. The summed E-state index contributed by atoms with van der Waals surface area (Å²) >= 11 is 0. The van der Waals surface area contributed by atoms with Gasteiger partial charge in [0.1, 0.15) is 0 Å². The van der Waals surface area contributed by atoms with Gasteiger partial charge in [0.2, 0.25) is 0 Å². The van der Waals surface area contributed by atoms with Gasteiger partial charge in [-0.1, -0.05) is 5.21 Å². The van der Waals surface area contributed by atoms with E-state index >= 15 is 0 Å². The van der Waals surface area contributed by atoms with E-state index in [9.17, 15) is 0 Å². The lowest BCUT2D eigenvalue weighted by atomic mass is 10.1. The lowest BCUT2D eigenvalue weighted by molar-refractivity contribution is 0.156. The van der Waals surface area contributed by atoms with Gasteiger partial charge >= 0.3 is 0 Å². The van der Waals surface area contributed by atoms with Gasteiger partial charge in [-0.05, 0) is 34.2 Å². The molecular weight excluding hydrogens is 254 g/mol. The Bertz CT molecular complexity index is 406. The van der Waals surface area contributed by atoms with Crippen LogP contribution in [0.1, 0.15) is 32.9 Å². The highest BCUT2D eigenvalue weighted by Gasteiger charge is 2.19. The van der Waals surface area contributed by atoms with Crippen LogP contribution in [0.4, 0.5) is 0 Å². The highest BCUT2D eigenvalue weighted by molar-refractivity contribution is 4.93. The number of nitrogens with one attached hydrogen (secondary N) is 1. The molecule has 2 rings (SSSR count). The maximum Gasteiger partial charge on any atom is 0.0965 e. The zero-order valence-corrected chi connectivity index (χ0v) is 13.1. The van der Waals surface area contributed by atoms with Crippen molar-refractivity contribution in [2.45, 2.75) is 51.9 Å². The minimum absolute atomic E-state index is 0.104. The quantitative estimate of drug-likeness (QED) is 0.839. The predicted molar refractivity (Wildman–Crippen MR) is 78.5 cm³/mol. The third-order valence-corrected chi connectivity index (χ3v) is 3.60. The maximum absolute atomic E-state index is 5.41. The van der Waals surface area contributed by atoms with Crippen molar-refractivity contribution in [3.8, 4) is 0 Å². The normalized spacial score (nSPS) is 19.9. The molecule has 6 nitrogen and oxygen atoms in total. The SMILES string of the molecule is CN(CCn1cc(CNC(C)(C)C)nn1)C1CCOC1. The molecule has 1 unspecified atom stereocenters. The van der Waals surface area contributed by atoms with Gasteiger partial charge < -0.3 is 10.1 Å². The van der Waals surface area contributed by atoms with Gasteiger partial charge in [0.15, 0.2) is 0 Å². The van der Waals surface area contributed by atoms with E-state index in [0.717, 1.165) is 45.0 Å². The molecule has 0 spiro atoms. The van der Waals surface area contributed by atoms with Gasteiger partial charge in [-0.25, -0.2) is 0 Å². The molecule has 0 bridgehead atoms. The minimum atomic E-state index is 0.104. The number of aromatic nitrogens is 3. The first kappa shape index (κ1) is 15.4. The number of likely N-dealkylation sites (N-methyl/N-ethyl adjacent to an activating group) is 1. The Kier molecular flexibility index (Phi) is 5.12. The summed E-state index contributed by atoms with van der Waals surface area (Å²) in [6, 6.07) is 0.556. The van der Waals surface area contributed by atoms with Crippen LogP contribution in [-0.2, 0) is 17.8 Å². The molecule has 6 heteroatoms. The Morgan fingerprint density at radius 2 is 2.30 bits per heavy atom. The molecule has 1 N–H and O–H groups in total. The average Bonchev–Trinajstić information content (AvgIpc) is 3.04. The maximum atomic E-state index is 5.41. The van der Waals surface area contributed by atoms with Crippen molar-refractivity contribution in [3.05, 3.63) is 11.9 Å². The van der Waals surface area contributed by atoms with Crippen molar-refractivity contribution in [3.63, 3.8) is 0 Å². The molecule has 1 aromatic heterocycles. The second-order valence-electron chi connectivity index (χ2n) is 6.57. The summed E-state index contributed by atoms with van der Waals surface area (Å²) in [6.07, 6.45) is 3.16. The van der Waals surface area contributed by atoms with Gasteiger partial charge in [0.05, 0.1) is 18.8 Å². The van der Waals surface area contributed by atoms with Crippen molar-refractivity contribution in [2.24, 2.45) is 0 Å². The van der Waals surface area contributed by atoms with E-state index in [4.69, 9.17) is 4.74 Å². The third-order valence-electron chi connectivity index (χ3n) is 3.60. The zero-order valence-electron chi connectivity index (χ0n) is 13.1. The van der Waals surface area contributed by atoms with Crippen molar-refractivity contribution < 1.29 is 4.74 Å². The number of ether oxygens (including phenoxy) is 1. The van der Waals surface area contributed by atoms with Crippen molar-refractivity contribution in [1.29, 1.82) is 0 Å². The molecule has 1 aliphatic heterocycles. The lowest BCUT2D eigenvalue weighted by Crippen LogP contribution is -2.35. The van der Waals surface area contributed by atoms with E-state index in [-0.39, 0.29) is 5.54 Å². The topological polar surface area (TPSA) is 55.2 Å². The molecule has 1 aromatic rings. The highest BCUT2D eigenvalue weighted by atomic mass is 16.5. The summed E-state index contributed by atoms with van der Waals surface area (Å²) in [6.45, 7) is 10.8. The summed E-state index contributed by atoms with van der Waals surface area (Å²) < 4.78 is 7.34. The molecule has 1 atom stereocenters. The molecule has 0 aliphatic carbocycles. The van der Waals surface area contributed by atoms with E-state index in [0.29, 0.717) is 6.04 Å². The van der Waals surface area contributed by atoms with Gasteiger partial charge in [0.25, 0.3) is 0 Å². The fourth-order valence-corrected chi connectivity index (χ4v) is 2.20. The van der Waals surface area contributed by atoms with Gasteiger partial charge in [-0.3, -0.25) is 9.58 Å². The van der Waals surface area contributed by atoms with Gasteiger partial charge in [-0.15, -0.1) is 5.10 Å². The van der Waals surface area contributed by atoms with Crippen LogP contribution in [0, 0.1) is 0 Å². The fourth-order valence-electron chi connectivity index (χ4n) is 2.20. The van der Waals surface area contributed by atoms with E-state index in [1.807, 2.05) is 10.9 Å². The van der Waals surface area contributed by atoms with Crippen LogP contribution in [0.3, 0.4) is 0 Å². The Labute approximate surface area is 121 Å². The zero-order chi connectivity index (χ0) is 14.6. The smallest absolute Gasteiger partial charge is 0.0965 e. The molecule has 0 radical (unpaired) electrons. The summed E-state index contributed by atoms with van der Waals surface area (Å²) in [5.74, 6) is 0. The highest BCUT2D eigenvalue weighted by Crippen LogP contribution is 2.10. The largest absolute Gasteiger partial charge is 0.380 e. The van der Waals surface area contributed by atoms with E-state index in [1.54, 1.807) is 0 Å². The van der Waals surface area contributed by atoms with Gasteiger partial charge in [-0.2, -0.15) is 0 Å². The standard InChI is InChI=1S/C14H27N5O/c1-14(2,3)15-9-12-10-19(17-16-12)7-6-18(4)13-5-8-20-11-13/h10,13,15H,5-9,11H2,1-4H3. The number of rotatable bonds is 6. The molecule has 0 saturated carbocycles. The average molecular weight is 281 g/mol.